The SMILES string of the molecule is CN=C(NCCCOC1CCOC1)NCc1ccccc1OCCN(C)C. The lowest BCUT2D eigenvalue weighted by molar-refractivity contribution is 0.0420. The van der Waals surface area contributed by atoms with E-state index in [9.17, 15) is 0 Å². The first-order valence-electron chi connectivity index (χ1n) is 9.68. The summed E-state index contributed by atoms with van der Waals surface area (Å²) in [5, 5.41) is 6.67. The van der Waals surface area contributed by atoms with Gasteiger partial charge in [0.05, 0.1) is 12.7 Å². The normalized spacial score (nSPS) is 17.3. The fraction of sp³-hybridized carbons (Fsp3) is 0.650. The Hall–Kier alpha value is -1.83. The first-order valence-corrected chi connectivity index (χ1v) is 9.68. The monoisotopic (exact) mass is 378 g/mol. The maximum Gasteiger partial charge on any atom is 0.191 e. The standard InChI is InChI=1S/C20H34N4O3/c1-21-20(22-10-6-12-26-18-9-13-25-16-18)23-15-17-7-4-5-8-19(17)27-14-11-24(2)3/h4-5,7-8,18H,6,9-16H2,1-3H3,(H2,21,22,23). The van der Waals surface area contributed by atoms with E-state index in [1.807, 2.05) is 32.3 Å². The van der Waals surface area contributed by atoms with Gasteiger partial charge in [-0.2, -0.15) is 0 Å². The topological polar surface area (TPSA) is 67.4 Å². The van der Waals surface area contributed by atoms with E-state index >= 15 is 0 Å². The second-order valence-corrected chi connectivity index (χ2v) is 6.82. The number of aliphatic imine (C=N–C) groups is 1. The average molecular weight is 379 g/mol. The third-order valence-electron chi connectivity index (χ3n) is 4.29. The van der Waals surface area contributed by atoms with Gasteiger partial charge in [0.25, 0.3) is 0 Å². The molecule has 0 bridgehead atoms. The van der Waals surface area contributed by atoms with E-state index in [1.54, 1.807) is 7.05 Å². The third-order valence-corrected chi connectivity index (χ3v) is 4.29. The number of rotatable bonds is 11. The van der Waals surface area contributed by atoms with Gasteiger partial charge in [-0.3, -0.25) is 4.99 Å². The van der Waals surface area contributed by atoms with Crippen molar-refractivity contribution < 1.29 is 14.2 Å². The predicted octanol–water partition coefficient (Wildman–Crippen LogP) is 1.49. The van der Waals surface area contributed by atoms with Gasteiger partial charge in [-0.1, -0.05) is 18.2 Å². The van der Waals surface area contributed by atoms with Crippen molar-refractivity contribution in [2.24, 2.45) is 4.99 Å². The summed E-state index contributed by atoms with van der Waals surface area (Å²) in [6, 6.07) is 8.10. The minimum atomic E-state index is 0.270. The minimum absolute atomic E-state index is 0.270. The van der Waals surface area contributed by atoms with Crippen molar-refractivity contribution in [1.29, 1.82) is 0 Å². The number of likely N-dealkylation sites (N-methyl/N-ethyl adjacent to an activating group) is 1. The summed E-state index contributed by atoms with van der Waals surface area (Å²) in [5.41, 5.74) is 1.11. The summed E-state index contributed by atoms with van der Waals surface area (Å²) in [6.07, 6.45) is 2.21. The number of nitrogens with zero attached hydrogens (tertiary/aromatic N) is 2. The van der Waals surface area contributed by atoms with Crippen LogP contribution in [0.1, 0.15) is 18.4 Å². The number of para-hydroxylation sites is 1. The van der Waals surface area contributed by atoms with E-state index in [1.165, 1.54) is 0 Å². The molecule has 0 spiro atoms. The van der Waals surface area contributed by atoms with Crippen LogP contribution in [0.5, 0.6) is 5.75 Å². The molecule has 1 aromatic rings. The van der Waals surface area contributed by atoms with Crippen molar-refractivity contribution in [3.05, 3.63) is 29.8 Å². The van der Waals surface area contributed by atoms with Gasteiger partial charge in [0.15, 0.2) is 5.96 Å². The Morgan fingerprint density at radius 3 is 2.85 bits per heavy atom. The molecule has 1 aliphatic rings. The molecular weight excluding hydrogens is 344 g/mol. The van der Waals surface area contributed by atoms with E-state index in [-0.39, 0.29) is 6.10 Å². The Kier molecular flexibility index (Phi) is 9.97. The van der Waals surface area contributed by atoms with Crippen LogP contribution in [0.25, 0.3) is 0 Å². The smallest absolute Gasteiger partial charge is 0.191 e. The fourth-order valence-corrected chi connectivity index (χ4v) is 2.70. The molecule has 2 rings (SSSR count). The van der Waals surface area contributed by atoms with Gasteiger partial charge in [-0.25, -0.2) is 0 Å². The molecule has 0 aliphatic carbocycles. The summed E-state index contributed by atoms with van der Waals surface area (Å²) in [6.45, 7) is 5.32. The summed E-state index contributed by atoms with van der Waals surface area (Å²) in [4.78, 5) is 6.39. The van der Waals surface area contributed by atoms with Crippen molar-refractivity contribution in [3.63, 3.8) is 0 Å². The highest BCUT2D eigenvalue weighted by Gasteiger charge is 2.15. The lowest BCUT2D eigenvalue weighted by Crippen LogP contribution is -2.37. The lowest BCUT2D eigenvalue weighted by Gasteiger charge is -2.16. The molecule has 1 unspecified atom stereocenters. The number of ether oxygens (including phenoxy) is 3. The molecule has 7 nitrogen and oxygen atoms in total. The van der Waals surface area contributed by atoms with Crippen LogP contribution in [0.15, 0.2) is 29.3 Å². The van der Waals surface area contributed by atoms with Crippen molar-refractivity contribution in [1.82, 2.24) is 15.5 Å². The van der Waals surface area contributed by atoms with Crippen LogP contribution < -0.4 is 15.4 Å². The van der Waals surface area contributed by atoms with Crippen LogP contribution in [0.2, 0.25) is 0 Å². The van der Waals surface area contributed by atoms with E-state index in [0.717, 1.165) is 63.0 Å². The highest BCUT2D eigenvalue weighted by molar-refractivity contribution is 5.79. The molecule has 152 valence electrons. The van der Waals surface area contributed by atoms with Gasteiger partial charge in [0.2, 0.25) is 0 Å². The van der Waals surface area contributed by atoms with Gasteiger partial charge < -0.3 is 29.7 Å². The van der Waals surface area contributed by atoms with Crippen LogP contribution in [-0.4, -0.2) is 77.6 Å². The molecule has 0 aromatic heterocycles. The Bertz CT molecular complexity index is 560. The van der Waals surface area contributed by atoms with E-state index < -0.39 is 0 Å². The molecule has 1 aliphatic heterocycles. The zero-order valence-corrected chi connectivity index (χ0v) is 16.9. The van der Waals surface area contributed by atoms with Crippen LogP contribution in [0.4, 0.5) is 0 Å². The summed E-state index contributed by atoms with van der Waals surface area (Å²) < 4.78 is 17.0. The Morgan fingerprint density at radius 1 is 1.26 bits per heavy atom. The molecule has 7 heteroatoms. The molecule has 1 atom stereocenters. The highest BCUT2D eigenvalue weighted by atomic mass is 16.5. The van der Waals surface area contributed by atoms with E-state index in [0.29, 0.717) is 13.2 Å². The largest absolute Gasteiger partial charge is 0.492 e. The molecule has 1 heterocycles. The second kappa shape index (κ2) is 12.5. The minimum Gasteiger partial charge on any atom is -0.492 e. The van der Waals surface area contributed by atoms with Crippen molar-refractivity contribution in [3.8, 4) is 5.75 Å². The van der Waals surface area contributed by atoms with Crippen LogP contribution in [-0.2, 0) is 16.0 Å². The quantitative estimate of drug-likeness (QED) is 0.345. The molecule has 1 fully saturated rings. The van der Waals surface area contributed by atoms with Gasteiger partial charge in [0.1, 0.15) is 12.4 Å². The lowest BCUT2D eigenvalue weighted by atomic mass is 10.2. The summed E-state index contributed by atoms with van der Waals surface area (Å²) >= 11 is 0. The highest BCUT2D eigenvalue weighted by Crippen LogP contribution is 2.17. The van der Waals surface area contributed by atoms with Crippen LogP contribution in [0, 0.1) is 0 Å². The van der Waals surface area contributed by atoms with E-state index in [2.05, 4.69) is 26.6 Å². The molecule has 2 N–H and O–H groups in total. The molecule has 0 amide bonds. The van der Waals surface area contributed by atoms with Crippen molar-refractivity contribution in [2.45, 2.75) is 25.5 Å². The van der Waals surface area contributed by atoms with Gasteiger partial charge in [0, 0.05) is 45.5 Å². The third kappa shape index (κ3) is 8.60. The average Bonchev–Trinajstić information content (AvgIpc) is 3.18. The molecule has 1 aromatic carbocycles. The molecule has 27 heavy (non-hydrogen) atoms. The van der Waals surface area contributed by atoms with Crippen LogP contribution >= 0.6 is 0 Å². The molecule has 0 radical (unpaired) electrons. The van der Waals surface area contributed by atoms with Crippen LogP contribution in [0.3, 0.4) is 0 Å². The molecule has 1 saturated heterocycles. The maximum atomic E-state index is 5.91. The van der Waals surface area contributed by atoms with Gasteiger partial charge in [-0.05, 0) is 33.0 Å². The zero-order chi connectivity index (χ0) is 19.3. The number of hydrogen-bond donors (Lipinski definition) is 2. The molecular formula is C20H34N4O3. The van der Waals surface area contributed by atoms with Crippen molar-refractivity contribution >= 4 is 5.96 Å². The first-order chi connectivity index (χ1) is 13.2. The Labute approximate surface area is 163 Å². The fourth-order valence-electron chi connectivity index (χ4n) is 2.70. The number of hydrogen-bond acceptors (Lipinski definition) is 5. The Morgan fingerprint density at radius 2 is 2.11 bits per heavy atom. The van der Waals surface area contributed by atoms with Crippen molar-refractivity contribution in [2.75, 3.05) is 60.7 Å². The first kappa shape index (κ1) is 21.5. The number of guanidine groups is 1. The summed E-state index contributed by atoms with van der Waals surface area (Å²) in [7, 11) is 5.86. The molecule has 0 saturated carbocycles. The predicted molar refractivity (Wildman–Crippen MR) is 108 cm³/mol. The van der Waals surface area contributed by atoms with Gasteiger partial charge >= 0.3 is 0 Å². The number of nitrogens with one attached hydrogen (secondary N) is 2. The van der Waals surface area contributed by atoms with E-state index in [4.69, 9.17) is 14.2 Å². The Balaban J connectivity index is 1.67. The van der Waals surface area contributed by atoms with Gasteiger partial charge in [-0.15, -0.1) is 0 Å². The maximum absolute atomic E-state index is 5.91. The second-order valence-electron chi connectivity index (χ2n) is 6.82. The zero-order valence-electron chi connectivity index (χ0n) is 16.9. The summed E-state index contributed by atoms with van der Waals surface area (Å²) in [5.74, 6) is 1.69. The number of benzene rings is 1.